The van der Waals surface area contributed by atoms with Crippen LogP contribution >= 0.6 is 0 Å². The van der Waals surface area contributed by atoms with Crippen molar-refractivity contribution in [3.63, 3.8) is 0 Å². The van der Waals surface area contributed by atoms with Gasteiger partial charge in [-0.15, -0.1) is 12.3 Å². The molecule has 0 bridgehead atoms. The maximum Gasteiger partial charge on any atom is 0.343 e. The van der Waals surface area contributed by atoms with E-state index in [4.69, 9.17) is 11.2 Å². The van der Waals surface area contributed by atoms with Gasteiger partial charge in [0.25, 0.3) is 0 Å². The van der Waals surface area contributed by atoms with Crippen molar-refractivity contribution in [1.82, 2.24) is 0 Å². The normalized spacial score (nSPS) is 10.2. The van der Waals surface area contributed by atoms with Gasteiger partial charge in [0.1, 0.15) is 5.75 Å². The molecule has 0 heterocycles. The summed E-state index contributed by atoms with van der Waals surface area (Å²) in [5, 5.41) is 0. The van der Waals surface area contributed by atoms with Crippen LogP contribution in [0.1, 0.15) is 27.9 Å². The van der Waals surface area contributed by atoms with Crippen LogP contribution in [-0.2, 0) is 6.42 Å². The Morgan fingerprint density at radius 2 is 1.46 bits per heavy atom. The van der Waals surface area contributed by atoms with Crippen LogP contribution in [-0.4, -0.2) is 5.97 Å². The van der Waals surface area contributed by atoms with E-state index in [-0.39, 0.29) is 5.97 Å². The molecule has 0 aliphatic rings. The van der Waals surface area contributed by atoms with Crippen LogP contribution < -0.4 is 4.74 Å². The fraction of sp³-hybridized carbons (Fsp3) is 0.125. The van der Waals surface area contributed by atoms with Gasteiger partial charge in [-0.1, -0.05) is 54.1 Å². The van der Waals surface area contributed by atoms with Crippen molar-refractivity contribution >= 4 is 5.97 Å². The molecule has 0 aromatic heterocycles. The average Bonchev–Trinajstić information content (AvgIpc) is 2.68. The summed E-state index contributed by atoms with van der Waals surface area (Å²) in [6.07, 6.45) is 6.95. The van der Waals surface area contributed by atoms with Gasteiger partial charge < -0.3 is 4.74 Å². The van der Waals surface area contributed by atoms with Crippen LogP contribution in [0.4, 0.5) is 0 Å². The topological polar surface area (TPSA) is 26.3 Å². The van der Waals surface area contributed by atoms with Crippen molar-refractivity contribution in [2.75, 3.05) is 0 Å². The number of carbonyl (C=O) groups excluding carboxylic acids is 1. The largest absolute Gasteiger partial charge is 0.423 e. The zero-order valence-electron chi connectivity index (χ0n) is 14.7. The SMILES string of the molecule is C#CCCc1ccc(-c2ccc(OC(=O)c3ccc(C)cc3)cc2)cc1. The molecule has 26 heavy (non-hydrogen) atoms. The van der Waals surface area contributed by atoms with E-state index in [1.165, 1.54) is 5.56 Å². The van der Waals surface area contributed by atoms with Crippen molar-refractivity contribution in [2.24, 2.45) is 0 Å². The van der Waals surface area contributed by atoms with Gasteiger partial charge >= 0.3 is 5.97 Å². The number of carbonyl (C=O) groups is 1. The van der Waals surface area contributed by atoms with Gasteiger partial charge in [0.15, 0.2) is 0 Å². The van der Waals surface area contributed by atoms with Gasteiger partial charge in [-0.05, 0) is 54.3 Å². The second kappa shape index (κ2) is 8.18. The van der Waals surface area contributed by atoms with E-state index >= 15 is 0 Å². The second-order valence-electron chi connectivity index (χ2n) is 6.18. The molecular formula is C24H20O2. The number of aryl methyl sites for hydroxylation is 2. The summed E-state index contributed by atoms with van der Waals surface area (Å²) >= 11 is 0. The number of hydrogen-bond donors (Lipinski definition) is 0. The highest BCUT2D eigenvalue weighted by molar-refractivity contribution is 5.91. The maximum atomic E-state index is 12.2. The third kappa shape index (κ3) is 4.40. The van der Waals surface area contributed by atoms with Crippen LogP contribution in [0.3, 0.4) is 0 Å². The van der Waals surface area contributed by atoms with Crippen LogP contribution in [0, 0.1) is 19.3 Å². The van der Waals surface area contributed by atoms with Crippen molar-refractivity contribution in [3.8, 4) is 29.2 Å². The Balaban J connectivity index is 1.67. The third-order valence-corrected chi connectivity index (χ3v) is 4.20. The number of hydrogen-bond acceptors (Lipinski definition) is 2. The summed E-state index contributed by atoms with van der Waals surface area (Å²) in [6, 6.07) is 23.2. The molecule has 128 valence electrons. The lowest BCUT2D eigenvalue weighted by atomic mass is 10.0. The highest BCUT2D eigenvalue weighted by Gasteiger charge is 2.08. The monoisotopic (exact) mass is 340 g/mol. The van der Waals surface area contributed by atoms with Gasteiger partial charge in [0.2, 0.25) is 0 Å². The minimum absolute atomic E-state index is 0.351. The molecule has 2 heteroatoms. The lowest BCUT2D eigenvalue weighted by Crippen LogP contribution is -2.08. The molecule has 0 saturated carbocycles. The fourth-order valence-electron chi connectivity index (χ4n) is 2.65. The molecule has 3 rings (SSSR count). The Morgan fingerprint density at radius 1 is 0.885 bits per heavy atom. The summed E-state index contributed by atoms with van der Waals surface area (Å²) in [5.41, 5.74) is 5.07. The number of rotatable bonds is 5. The van der Waals surface area contributed by atoms with Gasteiger partial charge in [-0.25, -0.2) is 4.79 Å². The predicted octanol–water partition coefficient (Wildman–Crippen LogP) is 5.45. The first kappa shape index (κ1) is 17.5. The Hall–Kier alpha value is -3.31. The standard InChI is InChI=1S/C24H20O2/c1-3-4-5-19-8-12-20(13-9-19)21-14-16-23(17-15-21)26-24(25)22-10-6-18(2)7-11-22/h1,6-17H,4-5H2,2H3. The lowest BCUT2D eigenvalue weighted by molar-refractivity contribution is 0.0735. The Bertz CT molecular complexity index is 912. The molecule has 0 amide bonds. The van der Waals surface area contributed by atoms with Gasteiger partial charge in [-0.2, -0.15) is 0 Å². The number of esters is 1. The smallest absolute Gasteiger partial charge is 0.343 e. The van der Waals surface area contributed by atoms with E-state index in [2.05, 4.69) is 30.2 Å². The van der Waals surface area contributed by atoms with Crippen molar-refractivity contribution in [1.29, 1.82) is 0 Å². The minimum Gasteiger partial charge on any atom is -0.423 e. The molecule has 3 aromatic rings. The molecule has 0 atom stereocenters. The Labute approximate surface area is 154 Å². The van der Waals surface area contributed by atoms with E-state index in [9.17, 15) is 4.79 Å². The number of ether oxygens (including phenoxy) is 1. The van der Waals surface area contributed by atoms with E-state index in [1.54, 1.807) is 12.1 Å². The zero-order chi connectivity index (χ0) is 18.4. The van der Waals surface area contributed by atoms with E-state index in [0.717, 1.165) is 29.5 Å². The summed E-state index contributed by atoms with van der Waals surface area (Å²) in [6.45, 7) is 1.98. The summed E-state index contributed by atoms with van der Waals surface area (Å²) < 4.78 is 5.44. The van der Waals surface area contributed by atoms with Gasteiger partial charge in [-0.3, -0.25) is 0 Å². The number of terminal acetylenes is 1. The first-order valence-electron chi connectivity index (χ1n) is 8.57. The van der Waals surface area contributed by atoms with E-state index < -0.39 is 0 Å². The Morgan fingerprint density at radius 3 is 2.04 bits per heavy atom. The van der Waals surface area contributed by atoms with Crippen molar-refractivity contribution < 1.29 is 9.53 Å². The molecule has 0 spiro atoms. The molecule has 0 aliphatic heterocycles. The first-order chi connectivity index (χ1) is 12.7. The highest BCUT2D eigenvalue weighted by Crippen LogP contribution is 2.23. The molecular weight excluding hydrogens is 320 g/mol. The van der Waals surface area contributed by atoms with E-state index in [1.807, 2.05) is 43.3 Å². The lowest BCUT2D eigenvalue weighted by Gasteiger charge is -2.07. The molecule has 0 N–H and O–H groups in total. The molecule has 0 unspecified atom stereocenters. The quantitative estimate of drug-likeness (QED) is 0.351. The minimum atomic E-state index is -0.351. The Kier molecular flexibility index (Phi) is 5.51. The van der Waals surface area contributed by atoms with Crippen molar-refractivity contribution in [2.45, 2.75) is 19.8 Å². The third-order valence-electron chi connectivity index (χ3n) is 4.20. The summed E-state index contributed by atoms with van der Waals surface area (Å²) in [4.78, 5) is 12.2. The molecule has 0 aliphatic carbocycles. The molecule has 0 fully saturated rings. The van der Waals surface area contributed by atoms with E-state index in [0.29, 0.717) is 11.3 Å². The maximum absolute atomic E-state index is 12.2. The van der Waals surface area contributed by atoms with Crippen LogP contribution in [0.5, 0.6) is 5.75 Å². The highest BCUT2D eigenvalue weighted by atomic mass is 16.5. The fourth-order valence-corrected chi connectivity index (χ4v) is 2.65. The van der Waals surface area contributed by atoms with Gasteiger partial charge in [0, 0.05) is 6.42 Å². The average molecular weight is 340 g/mol. The van der Waals surface area contributed by atoms with Crippen LogP contribution in [0.15, 0.2) is 72.8 Å². The second-order valence-corrected chi connectivity index (χ2v) is 6.18. The van der Waals surface area contributed by atoms with Crippen LogP contribution in [0.2, 0.25) is 0 Å². The molecule has 2 nitrogen and oxygen atoms in total. The summed E-state index contributed by atoms with van der Waals surface area (Å²) in [7, 11) is 0. The van der Waals surface area contributed by atoms with Crippen molar-refractivity contribution in [3.05, 3.63) is 89.5 Å². The summed E-state index contributed by atoms with van der Waals surface area (Å²) in [5.74, 6) is 2.84. The molecule has 0 radical (unpaired) electrons. The predicted molar refractivity (Wildman–Crippen MR) is 105 cm³/mol. The van der Waals surface area contributed by atoms with Gasteiger partial charge in [0.05, 0.1) is 5.56 Å². The molecule has 3 aromatic carbocycles. The zero-order valence-corrected chi connectivity index (χ0v) is 14.7. The van der Waals surface area contributed by atoms with Crippen LogP contribution in [0.25, 0.3) is 11.1 Å². The molecule has 0 saturated heterocycles. The first-order valence-corrected chi connectivity index (χ1v) is 8.57. The number of benzene rings is 3.